The normalized spacial score (nSPS) is 24.2. The monoisotopic (exact) mass is 456 g/mol. The first-order valence-corrected chi connectivity index (χ1v) is 12.3. The van der Waals surface area contributed by atoms with Crippen molar-refractivity contribution in [1.29, 1.82) is 0 Å². The van der Waals surface area contributed by atoms with E-state index in [0.29, 0.717) is 19.8 Å². The van der Waals surface area contributed by atoms with Gasteiger partial charge in [-0.1, -0.05) is 48.2 Å². The molecule has 7 rings (SSSR count). The van der Waals surface area contributed by atoms with Crippen LogP contribution in [0.4, 0.5) is 0 Å². The number of ether oxygens (including phenoxy) is 3. The molecular weight excluding hydrogens is 432 g/mol. The minimum absolute atomic E-state index is 0.0608. The number of aliphatic imine (C=N–C) groups is 1. The molecule has 6 heteroatoms. The molecule has 4 aliphatic heterocycles. The third-order valence-corrected chi connectivity index (χ3v) is 8.15. The van der Waals surface area contributed by atoms with Gasteiger partial charge in [0.1, 0.15) is 19.0 Å². The van der Waals surface area contributed by atoms with Crippen molar-refractivity contribution < 1.29 is 14.2 Å². The smallest absolute Gasteiger partial charge is 0.170 e. The van der Waals surface area contributed by atoms with Gasteiger partial charge in [0.2, 0.25) is 0 Å². The highest BCUT2D eigenvalue weighted by molar-refractivity contribution is 8.16. The summed E-state index contributed by atoms with van der Waals surface area (Å²) in [4.78, 5) is 7.72. The third kappa shape index (κ3) is 2.70. The van der Waals surface area contributed by atoms with E-state index in [1.807, 2.05) is 12.1 Å². The number of amidine groups is 1. The van der Waals surface area contributed by atoms with Crippen LogP contribution in [0.5, 0.6) is 17.2 Å². The minimum atomic E-state index is -0.204. The summed E-state index contributed by atoms with van der Waals surface area (Å²) in [5.74, 6) is 2.80. The average molecular weight is 457 g/mol. The zero-order chi connectivity index (χ0) is 22.2. The summed E-state index contributed by atoms with van der Waals surface area (Å²) in [6.07, 6.45) is 0. The van der Waals surface area contributed by atoms with Crippen LogP contribution in [-0.4, -0.2) is 35.4 Å². The van der Waals surface area contributed by atoms with E-state index in [0.717, 1.165) is 33.7 Å². The van der Waals surface area contributed by atoms with Gasteiger partial charge in [0.25, 0.3) is 0 Å². The van der Waals surface area contributed by atoms with Crippen molar-refractivity contribution in [3.63, 3.8) is 0 Å². The molecule has 2 unspecified atom stereocenters. The molecule has 0 bridgehead atoms. The van der Waals surface area contributed by atoms with Crippen molar-refractivity contribution in [2.45, 2.75) is 25.4 Å². The fourth-order valence-corrected chi connectivity index (χ4v) is 6.69. The molecular formula is C27H24N2O3S. The van der Waals surface area contributed by atoms with E-state index in [4.69, 9.17) is 19.2 Å². The molecule has 5 nitrogen and oxygen atoms in total. The molecule has 166 valence electrons. The first kappa shape index (κ1) is 19.4. The first-order valence-electron chi connectivity index (χ1n) is 11.4. The Bertz CT molecular complexity index is 1360. The standard InChI is InChI=1S/C27H24N2O3S/c1-27(2)19-14-32-21-11-10-16-6-3-4-7-17(16)23(21)24(19)28-26-29(27)20(15-33-26)18-8-5-9-22-25(18)31-13-12-30-22/h3-11,15,19,24H,12-14H2,1-2H3. The van der Waals surface area contributed by atoms with Crippen LogP contribution in [0, 0.1) is 5.92 Å². The Morgan fingerprint density at radius 1 is 0.939 bits per heavy atom. The van der Waals surface area contributed by atoms with E-state index >= 15 is 0 Å². The van der Waals surface area contributed by atoms with Gasteiger partial charge in [-0.05, 0) is 42.8 Å². The lowest BCUT2D eigenvalue weighted by molar-refractivity contribution is 0.0751. The molecule has 0 radical (unpaired) electrons. The van der Waals surface area contributed by atoms with Gasteiger partial charge >= 0.3 is 0 Å². The number of hydrogen-bond donors (Lipinski definition) is 0. The van der Waals surface area contributed by atoms with Crippen molar-refractivity contribution in [2.24, 2.45) is 10.9 Å². The topological polar surface area (TPSA) is 43.3 Å². The van der Waals surface area contributed by atoms with Crippen LogP contribution in [0.1, 0.15) is 31.0 Å². The molecule has 0 fully saturated rings. The molecule has 0 spiro atoms. The van der Waals surface area contributed by atoms with E-state index in [9.17, 15) is 0 Å². The summed E-state index contributed by atoms with van der Waals surface area (Å²) in [7, 11) is 0. The lowest BCUT2D eigenvalue weighted by Gasteiger charge is -2.51. The van der Waals surface area contributed by atoms with E-state index in [-0.39, 0.29) is 17.5 Å². The predicted molar refractivity (Wildman–Crippen MR) is 132 cm³/mol. The van der Waals surface area contributed by atoms with Gasteiger partial charge in [0.05, 0.1) is 18.3 Å². The fraction of sp³-hybridized carbons (Fsp3) is 0.296. The Morgan fingerprint density at radius 3 is 2.76 bits per heavy atom. The number of hydrogen-bond acceptors (Lipinski definition) is 6. The number of benzene rings is 3. The van der Waals surface area contributed by atoms with Crippen LogP contribution < -0.4 is 14.2 Å². The average Bonchev–Trinajstić information content (AvgIpc) is 3.28. The quantitative estimate of drug-likeness (QED) is 0.459. The van der Waals surface area contributed by atoms with Crippen molar-refractivity contribution in [3.05, 3.63) is 71.1 Å². The molecule has 0 aromatic heterocycles. The maximum atomic E-state index is 6.35. The number of nitrogens with zero attached hydrogens (tertiary/aromatic N) is 2. The highest BCUT2D eigenvalue weighted by Crippen LogP contribution is 2.55. The van der Waals surface area contributed by atoms with Crippen LogP contribution in [0.3, 0.4) is 0 Å². The summed E-state index contributed by atoms with van der Waals surface area (Å²) < 4.78 is 18.2. The zero-order valence-electron chi connectivity index (χ0n) is 18.6. The zero-order valence-corrected chi connectivity index (χ0v) is 19.4. The number of fused-ring (bicyclic) bond motifs is 7. The maximum Gasteiger partial charge on any atom is 0.170 e. The Hall–Kier alpha value is -3.12. The molecule has 2 atom stereocenters. The summed E-state index contributed by atoms with van der Waals surface area (Å²) in [5, 5.41) is 5.70. The molecule has 0 saturated heterocycles. The van der Waals surface area contributed by atoms with Crippen molar-refractivity contribution in [3.8, 4) is 17.2 Å². The fourth-order valence-electron chi connectivity index (χ4n) is 5.63. The highest BCUT2D eigenvalue weighted by Gasteiger charge is 2.52. The second kappa shape index (κ2) is 6.94. The van der Waals surface area contributed by atoms with Gasteiger partial charge in [0, 0.05) is 28.0 Å². The van der Waals surface area contributed by atoms with Crippen LogP contribution in [-0.2, 0) is 0 Å². The van der Waals surface area contributed by atoms with Crippen molar-refractivity contribution >= 4 is 33.4 Å². The Kier molecular flexibility index (Phi) is 4.07. The van der Waals surface area contributed by atoms with E-state index < -0.39 is 0 Å². The molecule has 3 aromatic carbocycles. The SMILES string of the molecule is CC1(C)C2COc3ccc4ccccc4c3C2N=C2SC=C(c3cccc4c3OCCO4)N21. The lowest BCUT2D eigenvalue weighted by atomic mass is 9.74. The van der Waals surface area contributed by atoms with Gasteiger partial charge in [-0.15, -0.1) is 0 Å². The summed E-state index contributed by atoms with van der Waals surface area (Å²) in [5.41, 5.74) is 3.18. The molecule has 4 aliphatic rings. The summed E-state index contributed by atoms with van der Waals surface area (Å²) >= 11 is 1.69. The predicted octanol–water partition coefficient (Wildman–Crippen LogP) is 5.86. The molecule has 0 amide bonds. The number of rotatable bonds is 1. The van der Waals surface area contributed by atoms with Crippen molar-refractivity contribution in [1.82, 2.24) is 4.90 Å². The maximum absolute atomic E-state index is 6.35. The van der Waals surface area contributed by atoms with Crippen LogP contribution in [0.2, 0.25) is 0 Å². The largest absolute Gasteiger partial charge is 0.493 e. The Morgan fingerprint density at radius 2 is 1.82 bits per heavy atom. The second-order valence-electron chi connectivity index (χ2n) is 9.41. The first-order chi connectivity index (χ1) is 16.1. The lowest BCUT2D eigenvalue weighted by Crippen LogP contribution is -2.56. The molecule has 4 heterocycles. The van der Waals surface area contributed by atoms with Gasteiger partial charge in [0.15, 0.2) is 16.7 Å². The molecule has 0 saturated carbocycles. The summed E-state index contributed by atoms with van der Waals surface area (Å²) in [6, 6.07) is 19.0. The minimum Gasteiger partial charge on any atom is -0.493 e. The van der Waals surface area contributed by atoms with Gasteiger partial charge < -0.3 is 19.1 Å². The van der Waals surface area contributed by atoms with Gasteiger partial charge in [-0.2, -0.15) is 0 Å². The Labute approximate surface area is 197 Å². The van der Waals surface area contributed by atoms with Gasteiger partial charge in [-0.3, -0.25) is 4.99 Å². The van der Waals surface area contributed by atoms with Gasteiger partial charge in [-0.25, -0.2) is 0 Å². The van der Waals surface area contributed by atoms with Crippen LogP contribution in [0.25, 0.3) is 16.5 Å². The van der Waals surface area contributed by atoms with Crippen molar-refractivity contribution in [2.75, 3.05) is 19.8 Å². The van der Waals surface area contributed by atoms with E-state index in [1.165, 1.54) is 16.3 Å². The molecule has 0 N–H and O–H groups in total. The summed E-state index contributed by atoms with van der Waals surface area (Å²) in [6.45, 7) is 6.41. The van der Waals surface area contributed by atoms with Crippen LogP contribution >= 0.6 is 11.8 Å². The second-order valence-corrected chi connectivity index (χ2v) is 10.2. The third-order valence-electron chi connectivity index (χ3n) is 7.31. The van der Waals surface area contributed by atoms with E-state index in [2.05, 4.69) is 66.6 Å². The van der Waals surface area contributed by atoms with Crippen LogP contribution in [0.15, 0.2) is 65.0 Å². The number of thioether (sulfide) groups is 1. The molecule has 3 aromatic rings. The molecule has 0 aliphatic carbocycles. The Balaban J connectivity index is 1.37. The van der Waals surface area contributed by atoms with E-state index in [1.54, 1.807) is 11.8 Å². The number of para-hydroxylation sites is 1. The highest BCUT2D eigenvalue weighted by atomic mass is 32.2. The molecule has 33 heavy (non-hydrogen) atoms.